The number of halogens is 2. The molecule has 0 spiro atoms. The lowest BCUT2D eigenvalue weighted by Gasteiger charge is -2.19. The van der Waals surface area contributed by atoms with E-state index in [1.54, 1.807) is 11.3 Å². The maximum atomic E-state index is 5.84. The van der Waals surface area contributed by atoms with Crippen LogP contribution in [0.3, 0.4) is 0 Å². The maximum absolute atomic E-state index is 5.84. The SMILES string of the molecule is CC(C)(CCl)Cc1cc(Br)cs1. The summed E-state index contributed by atoms with van der Waals surface area (Å²) in [4.78, 5) is 1.40. The molecule has 0 nitrogen and oxygen atoms in total. The first kappa shape index (κ1) is 10.6. The monoisotopic (exact) mass is 266 g/mol. The Hall–Kier alpha value is 0.470. The van der Waals surface area contributed by atoms with E-state index in [1.807, 2.05) is 0 Å². The number of rotatable bonds is 3. The fourth-order valence-corrected chi connectivity index (χ4v) is 2.77. The zero-order valence-electron chi connectivity index (χ0n) is 7.23. The predicted molar refractivity (Wildman–Crippen MR) is 60.2 cm³/mol. The van der Waals surface area contributed by atoms with Crippen LogP contribution in [0.2, 0.25) is 0 Å². The summed E-state index contributed by atoms with van der Waals surface area (Å²) >= 11 is 11.1. The van der Waals surface area contributed by atoms with Crippen molar-refractivity contribution in [1.82, 2.24) is 0 Å². The summed E-state index contributed by atoms with van der Waals surface area (Å²) in [6, 6.07) is 2.17. The molecule has 1 aromatic heterocycles. The summed E-state index contributed by atoms with van der Waals surface area (Å²) in [5.41, 5.74) is 0.214. The molecule has 0 N–H and O–H groups in total. The van der Waals surface area contributed by atoms with Gasteiger partial charge in [0.25, 0.3) is 0 Å². The third kappa shape index (κ3) is 3.08. The summed E-state index contributed by atoms with van der Waals surface area (Å²) in [6.07, 6.45) is 1.06. The highest BCUT2D eigenvalue weighted by Gasteiger charge is 2.17. The number of alkyl halides is 1. The fourth-order valence-electron chi connectivity index (χ4n) is 0.965. The summed E-state index contributed by atoms with van der Waals surface area (Å²) in [5, 5.41) is 2.11. The Morgan fingerprint density at radius 1 is 1.58 bits per heavy atom. The van der Waals surface area contributed by atoms with Gasteiger partial charge in [-0.25, -0.2) is 0 Å². The van der Waals surface area contributed by atoms with Crippen LogP contribution in [0, 0.1) is 5.41 Å². The van der Waals surface area contributed by atoms with Crippen LogP contribution in [0.25, 0.3) is 0 Å². The van der Waals surface area contributed by atoms with Crippen molar-refractivity contribution in [1.29, 1.82) is 0 Å². The standard InChI is InChI=1S/C9H12BrClS/c1-9(2,6-11)4-8-3-7(10)5-12-8/h3,5H,4,6H2,1-2H3. The van der Waals surface area contributed by atoms with Gasteiger partial charge in [0, 0.05) is 20.6 Å². The molecule has 0 unspecified atom stereocenters. The van der Waals surface area contributed by atoms with Gasteiger partial charge in [0.2, 0.25) is 0 Å². The molecule has 1 heterocycles. The average Bonchev–Trinajstić information content (AvgIpc) is 2.35. The molecule has 0 saturated carbocycles. The zero-order chi connectivity index (χ0) is 9.19. The van der Waals surface area contributed by atoms with Gasteiger partial charge in [-0.05, 0) is 33.8 Å². The minimum absolute atomic E-state index is 0.214. The Labute approximate surface area is 91.1 Å². The van der Waals surface area contributed by atoms with Gasteiger partial charge in [-0.1, -0.05) is 13.8 Å². The lowest BCUT2D eigenvalue weighted by molar-refractivity contribution is 0.421. The van der Waals surface area contributed by atoms with Crippen molar-refractivity contribution in [2.45, 2.75) is 20.3 Å². The Bertz CT molecular complexity index is 255. The molecule has 1 aromatic rings. The molecule has 3 heteroatoms. The second kappa shape index (κ2) is 4.12. The van der Waals surface area contributed by atoms with Gasteiger partial charge in [-0.2, -0.15) is 0 Å². The van der Waals surface area contributed by atoms with E-state index in [9.17, 15) is 0 Å². The van der Waals surface area contributed by atoms with Crippen LogP contribution in [0.5, 0.6) is 0 Å². The quantitative estimate of drug-likeness (QED) is 0.716. The van der Waals surface area contributed by atoms with Gasteiger partial charge < -0.3 is 0 Å². The van der Waals surface area contributed by atoms with E-state index in [-0.39, 0.29) is 5.41 Å². The molecule has 12 heavy (non-hydrogen) atoms. The third-order valence-corrected chi connectivity index (χ3v) is 4.06. The predicted octanol–water partition coefficient (Wildman–Crippen LogP) is 4.32. The van der Waals surface area contributed by atoms with Gasteiger partial charge in [0.15, 0.2) is 0 Å². The van der Waals surface area contributed by atoms with Crippen molar-refractivity contribution >= 4 is 38.9 Å². The highest BCUT2D eigenvalue weighted by atomic mass is 79.9. The zero-order valence-corrected chi connectivity index (χ0v) is 10.4. The van der Waals surface area contributed by atoms with Crippen molar-refractivity contribution < 1.29 is 0 Å². The molecule has 0 fully saturated rings. The molecule has 0 amide bonds. The fraction of sp³-hybridized carbons (Fsp3) is 0.556. The van der Waals surface area contributed by atoms with E-state index < -0.39 is 0 Å². The highest BCUT2D eigenvalue weighted by Crippen LogP contribution is 2.28. The Morgan fingerprint density at radius 2 is 2.25 bits per heavy atom. The number of hydrogen-bond acceptors (Lipinski definition) is 1. The first-order valence-electron chi connectivity index (χ1n) is 3.82. The van der Waals surface area contributed by atoms with Gasteiger partial charge in [-0.3, -0.25) is 0 Å². The molecule has 68 valence electrons. The van der Waals surface area contributed by atoms with Crippen LogP contribution in [0.1, 0.15) is 18.7 Å². The van der Waals surface area contributed by atoms with E-state index >= 15 is 0 Å². The first-order chi connectivity index (χ1) is 5.53. The van der Waals surface area contributed by atoms with Crippen molar-refractivity contribution in [3.8, 4) is 0 Å². The Morgan fingerprint density at radius 3 is 2.67 bits per heavy atom. The largest absolute Gasteiger partial charge is 0.148 e. The number of hydrogen-bond donors (Lipinski definition) is 0. The third-order valence-electron chi connectivity index (χ3n) is 1.64. The first-order valence-corrected chi connectivity index (χ1v) is 6.03. The smallest absolute Gasteiger partial charge is 0.0285 e. The van der Waals surface area contributed by atoms with E-state index in [0.29, 0.717) is 5.88 Å². The van der Waals surface area contributed by atoms with Crippen LogP contribution < -0.4 is 0 Å². The summed E-state index contributed by atoms with van der Waals surface area (Å²) in [6.45, 7) is 4.38. The topological polar surface area (TPSA) is 0 Å². The van der Waals surface area contributed by atoms with Crippen LogP contribution in [-0.2, 0) is 6.42 Å². The average molecular weight is 268 g/mol. The lowest BCUT2D eigenvalue weighted by Crippen LogP contribution is -2.15. The maximum Gasteiger partial charge on any atom is 0.0285 e. The van der Waals surface area contributed by atoms with Gasteiger partial charge >= 0.3 is 0 Å². The summed E-state index contributed by atoms with van der Waals surface area (Å²) in [7, 11) is 0. The van der Waals surface area contributed by atoms with Crippen molar-refractivity contribution in [2.75, 3.05) is 5.88 Å². The molecule has 0 aliphatic carbocycles. The lowest BCUT2D eigenvalue weighted by atomic mass is 9.91. The van der Waals surface area contributed by atoms with Crippen LogP contribution in [0.15, 0.2) is 15.9 Å². The van der Waals surface area contributed by atoms with E-state index in [2.05, 4.69) is 41.2 Å². The van der Waals surface area contributed by atoms with Gasteiger partial charge in [0.1, 0.15) is 0 Å². The summed E-state index contributed by atoms with van der Waals surface area (Å²) < 4.78 is 1.17. The van der Waals surface area contributed by atoms with Crippen molar-refractivity contribution in [2.24, 2.45) is 5.41 Å². The molecule has 0 aliphatic heterocycles. The van der Waals surface area contributed by atoms with E-state index in [0.717, 1.165) is 6.42 Å². The Balaban J connectivity index is 2.63. The molecular weight excluding hydrogens is 256 g/mol. The number of thiophene rings is 1. The normalized spacial score (nSPS) is 12.0. The molecule has 0 atom stereocenters. The van der Waals surface area contributed by atoms with E-state index in [4.69, 9.17) is 11.6 Å². The minimum atomic E-state index is 0.214. The van der Waals surface area contributed by atoms with Crippen LogP contribution in [-0.4, -0.2) is 5.88 Å². The molecule has 0 aromatic carbocycles. The summed E-state index contributed by atoms with van der Waals surface area (Å²) in [5.74, 6) is 0.711. The molecule has 0 bridgehead atoms. The van der Waals surface area contributed by atoms with Crippen LogP contribution in [0.4, 0.5) is 0 Å². The molecular formula is C9H12BrClS. The van der Waals surface area contributed by atoms with E-state index in [1.165, 1.54) is 9.35 Å². The van der Waals surface area contributed by atoms with Gasteiger partial charge in [-0.15, -0.1) is 22.9 Å². The van der Waals surface area contributed by atoms with Crippen molar-refractivity contribution in [3.63, 3.8) is 0 Å². The Kier molecular flexibility index (Phi) is 3.62. The molecule has 0 aliphatic rings. The highest BCUT2D eigenvalue weighted by molar-refractivity contribution is 9.10. The molecule has 1 rings (SSSR count). The minimum Gasteiger partial charge on any atom is -0.148 e. The van der Waals surface area contributed by atoms with Gasteiger partial charge in [0.05, 0.1) is 0 Å². The van der Waals surface area contributed by atoms with Crippen molar-refractivity contribution in [3.05, 3.63) is 20.8 Å². The second-order valence-electron chi connectivity index (χ2n) is 3.71. The molecule has 0 saturated heterocycles. The molecule has 0 radical (unpaired) electrons. The second-order valence-corrected chi connectivity index (χ2v) is 5.88. The van der Waals surface area contributed by atoms with Crippen LogP contribution >= 0.6 is 38.9 Å².